The van der Waals surface area contributed by atoms with E-state index in [2.05, 4.69) is 27.2 Å². The molecule has 0 aliphatic heterocycles. The third kappa shape index (κ3) is 19.7. The summed E-state index contributed by atoms with van der Waals surface area (Å²) in [5.74, 6) is 0.625. The topological polar surface area (TPSA) is 17.1 Å². The van der Waals surface area contributed by atoms with Gasteiger partial charge in [0.2, 0.25) is 0 Å². The van der Waals surface area contributed by atoms with E-state index in [1.807, 2.05) is 32.1 Å². The van der Waals surface area contributed by atoms with E-state index in [0.717, 1.165) is 6.29 Å². The predicted molar refractivity (Wildman–Crippen MR) is 112 cm³/mol. The molecule has 2 aliphatic rings. The number of aldehydes is 1. The van der Waals surface area contributed by atoms with Gasteiger partial charge in [-0.15, -0.1) is 5.92 Å². The Hall–Kier alpha value is 0.988. The van der Waals surface area contributed by atoms with E-state index in [0.29, 0.717) is 5.92 Å². The number of hydrogen-bond donors (Lipinski definition) is 0. The van der Waals surface area contributed by atoms with Crippen molar-refractivity contribution in [2.24, 2.45) is 0 Å². The normalized spacial score (nSPS) is 16.0. The van der Waals surface area contributed by atoms with Gasteiger partial charge in [0.15, 0.2) is 0 Å². The van der Waals surface area contributed by atoms with E-state index in [1.165, 1.54) is 38.5 Å². The molecule has 26 heavy (non-hydrogen) atoms. The Morgan fingerprint density at radius 1 is 0.808 bits per heavy atom. The van der Waals surface area contributed by atoms with Crippen molar-refractivity contribution in [1.29, 1.82) is 0 Å². The van der Waals surface area contributed by atoms with Gasteiger partial charge in [-0.3, -0.25) is 0 Å². The van der Waals surface area contributed by atoms with Gasteiger partial charge in [-0.05, 0) is 32.1 Å². The fourth-order valence-corrected chi connectivity index (χ4v) is 11.8. The molecule has 3 heteroatoms. The van der Waals surface area contributed by atoms with E-state index < -0.39 is 19.8 Å². The van der Waals surface area contributed by atoms with Crippen LogP contribution in [0.15, 0.2) is 0 Å². The van der Waals surface area contributed by atoms with Crippen molar-refractivity contribution >= 4 is 26.0 Å². The minimum atomic E-state index is -0.839. The Labute approximate surface area is 183 Å². The first-order valence-corrected chi connectivity index (χ1v) is 15.9. The summed E-state index contributed by atoms with van der Waals surface area (Å²) in [7, 11) is 0. The van der Waals surface area contributed by atoms with E-state index >= 15 is 0 Å². The second-order valence-corrected chi connectivity index (χ2v) is 14.8. The fraction of sp³-hybridized carbons (Fsp3) is 0.522. The van der Waals surface area contributed by atoms with Gasteiger partial charge < -0.3 is 11.2 Å². The van der Waals surface area contributed by atoms with Crippen LogP contribution in [0.25, 0.3) is 0 Å². The Morgan fingerprint density at radius 2 is 1.23 bits per heavy atom. The molecule has 144 valence electrons. The van der Waals surface area contributed by atoms with Crippen LogP contribution in [0, 0.1) is 63.7 Å². The molecule has 0 heterocycles. The Balaban J connectivity index is 0. The molecule has 2 saturated carbocycles. The van der Waals surface area contributed by atoms with E-state index in [9.17, 15) is 4.79 Å². The van der Waals surface area contributed by atoms with Gasteiger partial charge >= 0.3 is 109 Å². The number of carbonyl (C=O) groups excluding carboxylic acids is 1. The zero-order valence-corrected chi connectivity index (χ0v) is 20.8. The van der Waals surface area contributed by atoms with Crippen LogP contribution in [-0.4, -0.2) is 26.0 Å². The standard InChI is InChI=1S/C6H4O.C5H5.3C4H9.Fe.Sn/c7-5-6-3-1-2-4-6;1-2-4-5-3-1;3*1-3-4-2;;/h1-3,5H;1-5H;3*1,3-4H2,2H3;;/q-1;;;;;+2;+1. The molecule has 0 atom stereocenters. The van der Waals surface area contributed by atoms with Crippen molar-refractivity contribution in [3.8, 4) is 0 Å². The third-order valence-electron chi connectivity index (χ3n) is 3.96. The van der Waals surface area contributed by atoms with Crippen molar-refractivity contribution in [2.75, 3.05) is 0 Å². The van der Waals surface area contributed by atoms with Gasteiger partial charge in [-0.25, -0.2) is 6.42 Å². The number of hydrogen-bond acceptors (Lipinski definition) is 1. The Morgan fingerprint density at radius 3 is 1.46 bits per heavy atom. The van der Waals surface area contributed by atoms with Crippen molar-refractivity contribution < 1.29 is 21.9 Å². The molecule has 2 fully saturated rings. The molecule has 0 bridgehead atoms. The van der Waals surface area contributed by atoms with Gasteiger partial charge in [0.25, 0.3) is 0 Å². The summed E-state index contributed by atoms with van der Waals surface area (Å²) in [6, 6.07) is 0. The molecule has 2 rings (SSSR count). The molecular formula is C23H36FeOSn+2. The van der Waals surface area contributed by atoms with Gasteiger partial charge in [-0.1, -0.05) is 12.8 Å². The van der Waals surface area contributed by atoms with Crippen molar-refractivity contribution in [3.63, 3.8) is 0 Å². The van der Waals surface area contributed by atoms with E-state index in [-0.39, 0.29) is 17.1 Å². The molecule has 0 amide bonds. The van der Waals surface area contributed by atoms with Crippen LogP contribution in [0.1, 0.15) is 59.3 Å². The summed E-state index contributed by atoms with van der Waals surface area (Å²) >= 11 is -0.839. The molecule has 0 N–H and O–H groups in total. The van der Waals surface area contributed by atoms with Crippen LogP contribution in [-0.2, 0) is 21.9 Å². The summed E-state index contributed by atoms with van der Waals surface area (Å²) in [6.07, 6.45) is 27.6. The second kappa shape index (κ2) is 24.0. The minimum Gasteiger partial charge on any atom is -0.463 e. The second-order valence-electron chi connectivity index (χ2n) is 6.27. The van der Waals surface area contributed by atoms with Gasteiger partial charge in [0, 0.05) is 0 Å². The molecule has 1 nitrogen and oxygen atoms in total. The SMILES string of the molecule is CCC[CH2][Sn+]([CH2]CCC)[CH2]CCC.O=C[C]1[C-][CH][CH][CH]1.[CH]1[CH][CH][CH][CH]1.[Fe+2]. The first kappa shape index (κ1) is 29.2. The summed E-state index contributed by atoms with van der Waals surface area (Å²) < 4.78 is 5.04. The molecular weight excluding hydrogens is 467 g/mol. The minimum absolute atomic E-state index is 0. The average molecular weight is 503 g/mol. The smallest absolute Gasteiger partial charge is 0.463 e. The van der Waals surface area contributed by atoms with Crippen molar-refractivity contribution in [2.45, 2.75) is 72.6 Å². The number of carbonyl (C=O) groups is 1. The maximum absolute atomic E-state index is 9.84. The van der Waals surface area contributed by atoms with Gasteiger partial charge in [0.1, 0.15) is 0 Å². The van der Waals surface area contributed by atoms with Crippen LogP contribution >= 0.6 is 0 Å². The first-order valence-electron chi connectivity index (χ1n) is 9.87. The van der Waals surface area contributed by atoms with Crippen LogP contribution in [0.3, 0.4) is 0 Å². The van der Waals surface area contributed by atoms with Crippen molar-refractivity contribution in [3.05, 3.63) is 63.7 Å². The maximum atomic E-state index is 9.84. The molecule has 0 aromatic rings. The monoisotopic (exact) mass is 504 g/mol. The zero-order valence-electron chi connectivity index (χ0n) is 16.8. The zero-order chi connectivity index (χ0) is 18.6. The molecule has 0 spiro atoms. The number of rotatable bonds is 10. The first-order chi connectivity index (χ1) is 12.3. The number of unbranched alkanes of at least 4 members (excludes halogenated alkanes) is 3. The van der Waals surface area contributed by atoms with Gasteiger partial charge in [-0.2, -0.15) is 0 Å². The Kier molecular flexibility index (Phi) is 27.0. The van der Waals surface area contributed by atoms with E-state index in [1.54, 1.807) is 32.6 Å². The molecule has 2 aliphatic carbocycles. The third-order valence-corrected chi connectivity index (χ3v) is 13.0. The van der Waals surface area contributed by atoms with Crippen LogP contribution in [0.5, 0.6) is 0 Å². The Bertz CT molecular complexity index is 236. The average Bonchev–Trinajstić information content (AvgIpc) is 3.37. The van der Waals surface area contributed by atoms with Crippen molar-refractivity contribution in [1.82, 2.24) is 0 Å². The fourth-order valence-electron chi connectivity index (χ4n) is 2.39. The molecule has 0 saturated heterocycles. The summed E-state index contributed by atoms with van der Waals surface area (Å²) in [4.78, 5) is 9.84. The summed E-state index contributed by atoms with van der Waals surface area (Å²) in [5, 5.41) is 0. The quantitative estimate of drug-likeness (QED) is 0.193. The summed E-state index contributed by atoms with van der Waals surface area (Å²) in [6.45, 7) is 7.00. The molecule has 0 aromatic heterocycles. The van der Waals surface area contributed by atoms with Crippen LogP contribution in [0.2, 0.25) is 13.3 Å². The summed E-state index contributed by atoms with van der Waals surface area (Å²) in [5.41, 5.74) is 0. The molecule has 0 aromatic carbocycles. The van der Waals surface area contributed by atoms with Crippen LogP contribution < -0.4 is 0 Å². The predicted octanol–water partition coefficient (Wildman–Crippen LogP) is 6.37. The molecule has 0 unspecified atom stereocenters. The van der Waals surface area contributed by atoms with Gasteiger partial charge in [0.05, 0.1) is 6.29 Å². The maximum Gasteiger partial charge on any atom is 2.00 e. The molecule has 10 radical (unpaired) electrons. The van der Waals surface area contributed by atoms with E-state index in [4.69, 9.17) is 0 Å². The largest absolute Gasteiger partial charge is 2.00 e. The van der Waals surface area contributed by atoms with Crippen LogP contribution in [0.4, 0.5) is 0 Å².